The highest BCUT2D eigenvalue weighted by Crippen LogP contribution is 2.16. The fourth-order valence-corrected chi connectivity index (χ4v) is 3.23. The number of carboxylic acids is 1. The molecule has 2 N–H and O–H groups in total. The third-order valence-corrected chi connectivity index (χ3v) is 4.46. The van der Waals surface area contributed by atoms with E-state index in [1.165, 1.54) is 11.3 Å². The Morgan fingerprint density at radius 1 is 1.12 bits per heavy atom. The lowest BCUT2D eigenvalue weighted by Crippen LogP contribution is -2.49. The first-order valence-corrected chi connectivity index (χ1v) is 9.04. The molecule has 1 aromatic carbocycles. The van der Waals surface area contributed by atoms with Crippen LogP contribution >= 0.6 is 11.3 Å². The Morgan fingerprint density at radius 3 is 2.42 bits per heavy atom. The van der Waals surface area contributed by atoms with Crippen LogP contribution in [0.3, 0.4) is 0 Å². The maximum atomic E-state index is 12.5. The van der Waals surface area contributed by atoms with Gasteiger partial charge in [0.05, 0.1) is 49.9 Å². The number of rotatable bonds is 6. The topological polar surface area (TPSA) is 66.4 Å². The molecule has 0 unspecified atom stereocenters. The van der Waals surface area contributed by atoms with Crippen LogP contribution in [-0.2, 0) is 4.79 Å². The number of hydrogen-bond acceptors (Lipinski definition) is 3. The molecule has 0 fully saturated rings. The molecule has 1 atom stereocenters. The fourth-order valence-electron chi connectivity index (χ4n) is 2.47. The minimum Gasteiger partial charge on any atom is -0.481 e. The van der Waals surface area contributed by atoms with Gasteiger partial charge in [-0.3, -0.25) is 9.59 Å². The average Bonchev–Trinajstić information content (AvgIpc) is 3.00. The summed E-state index contributed by atoms with van der Waals surface area (Å²) in [6, 6.07) is 12.7. The van der Waals surface area contributed by atoms with E-state index in [2.05, 4.69) is 17.2 Å². The molecular formula is C20H23N2O3S+. The van der Waals surface area contributed by atoms with Crippen LogP contribution in [0, 0.1) is 11.8 Å². The Kier molecular flexibility index (Phi) is 6.56. The summed E-state index contributed by atoms with van der Waals surface area (Å²) in [6.45, 7) is 0.532. The molecule has 1 amide bonds. The lowest BCUT2D eigenvalue weighted by molar-refractivity contribution is -0.871. The Balaban J connectivity index is 2.06. The highest BCUT2D eigenvalue weighted by molar-refractivity contribution is 7.14. The predicted molar refractivity (Wildman–Crippen MR) is 103 cm³/mol. The number of carbonyl (C=O) groups is 2. The molecule has 136 valence electrons. The number of nitrogens with one attached hydrogen (secondary N) is 1. The van der Waals surface area contributed by atoms with Gasteiger partial charge in [0.15, 0.2) is 0 Å². The third kappa shape index (κ3) is 6.71. The van der Waals surface area contributed by atoms with Crippen molar-refractivity contribution in [2.75, 3.05) is 27.7 Å². The molecule has 1 heterocycles. The summed E-state index contributed by atoms with van der Waals surface area (Å²) in [4.78, 5) is 24.8. The predicted octanol–water partition coefficient (Wildman–Crippen LogP) is 2.43. The van der Waals surface area contributed by atoms with Gasteiger partial charge in [0.2, 0.25) is 0 Å². The van der Waals surface area contributed by atoms with Crippen molar-refractivity contribution in [3.8, 4) is 11.8 Å². The van der Waals surface area contributed by atoms with Crippen molar-refractivity contribution in [1.82, 2.24) is 5.32 Å². The minimum atomic E-state index is -0.927. The zero-order valence-electron chi connectivity index (χ0n) is 15.2. The smallest absolute Gasteiger partial charge is 0.305 e. The number of hydrogen-bond donors (Lipinski definition) is 2. The van der Waals surface area contributed by atoms with Crippen LogP contribution in [0.4, 0.5) is 0 Å². The molecule has 2 rings (SSSR count). The molecule has 0 saturated carbocycles. The van der Waals surface area contributed by atoms with Crippen LogP contribution in [0.25, 0.3) is 0 Å². The van der Waals surface area contributed by atoms with Gasteiger partial charge < -0.3 is 14.9 Å². The van der Waals surface area contributed by atoms with E-state index in [1.54, 1.807) is 6.07 Å². The van der Waals surface area contributed by atoms with E-state index in [4.69, 9.17) is 5.11 Å². The van der Waals surface area contributed by atoms with Gasteiger partial charge in [-0.15, -0.1) is 11.3 Å². The molecule has 0 bridgehead atoms. The molecule has 6 heteroatoms. The third-order valence-electron chi connectivity index (χ3n) is 3.46. The quantitative estimate of drug-likeness (QED) is 0.605. The zero-order valence-corrected chi connectivity index (χ0v) is 16.0. The lowest BCUT2D eigenvalue weighted by Gasteiger charge is -2.29. The number of benzene rings is 1. The second kappa shape index (κ2) is 8.65. The van der Waals surface area contributed by atoms with E-state index in [0.717, 1.165) is 10.4 Å². The van der Waals surface area contributed by atoms with Crippen molar-refractivity contribution < 1.29 is 19.2 Å². The highest BCUT2D eigenvalue weighted by Gasteiger charge is 2.23. The monoisotopic (exact) mass is 371 g/mol. The van der Waals surface area contributed by atoms with Gasteiger partial charge in [0.25, 0.3) is 5.91 Å². The van der Waals surface area contributed by atoms with Crippen LogP contribution in [0.5, 0.6) is 0 Å². The first-order chi connectivity index (χ1) is 12.2. The van der Waals surface area contributed by atoms with Crippen LogP contribution < -0.4 is 5.32 Å². The van der Waals surface area contributed by atoms with E-state index < -0.39 is 12.0 Å². The molecular weight excluding hydrogens is 348 g/mol. The molecule has 0 saturated heterocycles. The Morgan fingerprint density at radius 2 is 1.81 bits per heavy atom. The Labute approximate surface area is 157 Å². The first kappa shape index (κ1) is 19.7. The van der Waals surface area contributed by atoms with E-state index in [9.17, 15) is 9.59 Å². The molecule has 1 aromatic heterocycles. The number of carbonyl (C=O) groups excluding carboxylic acids is 1. The second-order valence-electron chi connectivity index (χ2n) is 7.02. The maximum Gasteiger partial charge on any atom is 0.305 e. The van der Waals surface area contributed by atoms with Gasteiger partial charge in [-0.25, -0.2) is 0 Å². The van der Waals surface area contributed by atoms with E-state index in [1.807, 2.05) is 57.5 Å². The fraction of sp³-hybridized carbons (Fsp3) is 0.300. The van der Waals surface area contributed by atoms with Crippen LogP contribution in [-0.4, -0.2) is 55.2 Å². The Hall–Kier alpha value is -2.62. The summed E-state index contributed by atoms with van der Waals surface area (Å²) >= 11 is 1.30. The van der Waals surface area contributed by atoms with Gasteiger partial charge in [-0.05, 0) is 24.3 Å². The summed E-state index contributed by atoms with van der Waals surface area (Å²) < 4.78 is 0.566. The van der Waals surface area contributed by atoms with Gasteiger partial charge in [-0.2, -0.15) is 0 Å². The Bertz CT molecular complexity index is 826. The normalized spacial score (nSPS) is 12.0. The second-order valence-corrected chi connectivity index (χ2v) is 8.10. The number of thiophene rings is 1. The maximum absolute atomic E-state index is 12.5. The SMILES string of the molecule is C[N+](C)(C)C[C@@H](CC(=O)O)NC(=O)c1ccc(C#Cc2ccccc2)s1. The summed E-state index contributed by atoms with van der Waals surface area (Å²) in [5, 5.41) is 11.9. The van der Waals surface area contributed by atoms with E-state index >= 15 is 0 Å². The summed E-state index contributed by atoms with van der Waals surface area (Å²) in [7, 11) is 5.89. The number of nitrogens with zero attached hydrogens (tertiary/aromatic N) is 1. The highest BCUT2D eigenvalue weighted by atomic mass is 32.1. The van der Waals surface area contributed by atoms with Crippen molar-refractivity contribution in [3.63, 3.8) is 0 Å². The van der Waals surface area contributed by atoms with Crippen molar-refractivity contribution in [3.05, 3.63) is 57.8 Å². The number of carboxylic acid groups (broad SMARTS) is 1. The van der Waals surface area contributed by atoms with Gasteiger partial charge >= 0.3 is 5.97 Å². The van der Waals surface area contributed by atoms with Crippen molar-refractivity contribution in [1.29, 1.82) is 0 Å². The number of quaternary nitrogens is 1. The molecule has 0 aliphatic heterocycles. The summed E-state index contributed by atoms with van der Waals surface area (Å²) in [5.41, 5.74) is 0.913. The minimum absolute atomic E-state index is 0.104. The molecule has 0 spiro atoms. The number of amides is 1. The van der Waals surface area contributed by atoms with Gasteiger partial charge in [-0.1, -0.05) is 30.0 Å². The first-order valence-electron chi connectivity index (χ1n) is 8.23. The van der Waals surface area contributed by atoms with Crippen LogP contribution in [0.15, 0.2) is 42.5 Å². The van der Waals surface area contributed by atoms with Gasteiger partial charge in [0, 0.05) is 5.56 Å². The summed E-state index contributed by atoms with van der Waals surface area (Å²) in [5.74, 6) is 4.92. The van der Waals surface area contributed by atoms with Crippen molar-refractivity contribution in [2.24, 2.45) is 0 Å². The van der Waals surface area contributed by atoms with E-state index in [-0.39, 0.29) is 12.3 Å². The molecule has 5 nitrogen and oxygen atoms in total. The molecule has 26 heavy (non-hydrogen) atoms. The number of aliphatic carboxylic acids is 1. The van der Waals surface area contributed by atoms with Crippen LogP contribution in [0.1, 0.15) is 26.5 Å². The van der Waals surface area contributed by atoms with E-state index in [0.29, 0.717) is 15.9 Å². The molecule has 0 aliphatic rings. The summed E-state index contributed by atoms with van der Waals surface area (Å²) in [6.07, 6.45) is -0.104. The molecule has 2 aromatic rings. The lowest BCUT2D eigenvalue weighted by atomic mass is 10.2. The molecule has 0 aliphatic carbocycles. The largest absolute Gasteiger partial charge is 0.481 e. The van der Waals surface area contributed by atoms with Gasteiger partial charge in [0.1, 0.15) is 0 Å². The van der Waals surface area contributed by atoms with Crippen molar-refractivity contribution >= 4 is 23.2 Å². The molecule has 0 radical (unpaired) electrons. The average molecular weight is 371 g/mol. The number of likely N-dealkylation sites (N-methyl/N-ethyl adjacent to an activating group) is 1. The standard InChI is InChI=1S/C20H22N2O3S/c1-22(2,3)14-16(13-19(23)24)21-20(25)18-12-11-17(26-18)10-9-15-7-5-4-6-8-15/h4-8,11-12,16H,13-14H2,1-3H3,(H-,21,23,24,25)/p+1/t16-/m1/s1. The zero-order chi connectivity index (χ0) is 19.2. The van der Waals surface area contributed by atoms with Crippen LogP contribution in [0.2, 0.25) is 0 Å². The van der Waals surface area contributed by atoms with Crippen molar-refractivity contribution in [2.45, 2.75) is 12.5 Å².